The van der Waals surface area contributed by atoms with Crippen LogP contribution in [0.3, 0.4) is 0 Å². The number of likely N-dealkylation sites (N-methyl/N-ethyl adjacent to an activating group) is 1. The van der Waals surface area contributed by atoms with Crippen molar-refractivity contribution in [1.82, 2.24) is 15.2 Å². The number of benzene rings is 2. The van der Waals surface area contributed by atoms with Crippen molar-refractivity contribution in [1.29, 1.82) is 0 Å². The lowest BCUT2D eigenvalue weighted by molar-refractivity contribution is -0.122. The molecule has 2 aromatic carbocycles. The van der Waals surface area contributed by atoms with Crippen LogP contribution in [0.25, 0.3) is 0 Å². The number of ether oxygens (including phenoxy) is 2. The Hall–Kier alpha value is -2.90. The van der Waals surface area contributed by atoms with E-state index in [1.165, 1.54) is 11.3 Å². The molecule has 7 heteroatoms. The lowest BCUT2D eigenvalue weighted by atomic mass is 10.1. The fraction of sp³-hybridized carbons (Fsp3) is 0.273. The first kappa shape index (κ1) is 20.8. The molecule has 0 saturated carbocycles. The number of carbonyl (C=O) groups is 1. The lowest BCUT2D eigenvalue weighted by Gasteiger charge is -2.21. The molecule has 6 nitrogen and oxygen atoms in total. The molecule has 3 rings (SSSR count). The number of carbonyl (C=O) groups excluding carboxylic acids is 1. The predicted octanol–water partition coefficient (Wildman–Crippen LogP) is 3.50. The average molecular weight is 412 g/mol. The minimum atomic E-state index is -0.257. The maximum Gasteiger partial charge on any atom is 0.235 e. The van der Waals surface area contributed by atoms with Gasteiger partial charge >= 0.3 is 0 Å². The smallest absolute Gasteiger partial charge is 0.235 e. The Morgan fingerprint density at radius 3 is 2.62 bits per heavy atom. The van der Waals surface area contributed by atoms with E-state index < -0.39 is 0 Å². The third-order valence-electron chi connectivity index (χ3n) is 4.48. The summed E-state index contributed by atoms with van der Waals surface area (Å²) in [5, 5.41) is 5.90. The van der Waals surface area contributed by atoms with Crippen LogP contribution >= 0.6 is 11.3 Å². The maximum atomic E-state index is 12.8. The topological polar surface area (TPSA) is 63.7 Å². The molecule has 0 aliphatic rings. The van der Waals surface area contributed by atoms with E-state index in [2.05, 4.69) is 10.3 Å². The van der Waals surface area contributed by atoms with Crippen molar-refractivity contribution in [3.05, 3.63) is 76.2 Å². The monoisotopic (exact) mass is 411 g/mol. The highest BCUT2D eigenvalue weighted by Crippen LogP contribution is 2.26. The van der Waals surface area contributed by atoms with E-state index in [0.717, 1.165) is 27.6 Å². The summed E-state index contributed by atoms with van der Waals surface area (Å²) in [6, 6.07) is 15.3. The molecule has 3 aromatic rings. The van der Waals surface area contributed by atoms with Gasteiger partial charge in [-0.1, -0.05) is 36.4 Å². The van der Waals surface area contributed by atoms with Crippen molar-refractivity contribution in [3.8, 4) is 11.5 Å². The largest absolute Gasteiger partial charge is 0.497 e. The predicted molar refractivity (Wildman–Crippen MR) is 114 cm³/mol. The number of hydrogen-bond acceptors (Lipinski definition) is 6. The van der Waals surface area contributed by atoms with E-state index in [-0.39, 0.29) is 18.5 Å². The third kappa shape index (κ3) is 5.56. The average Bonchev–Trinajstić information content (AvgIpc) is 3.27. The molecule has 1 N–H and O–H groups in total. The van der Waals surface area contributed by atoms with Gasteiger partial charge in [-0.3, -0.25) is 9.69 Å². The summed E-state index contributed by atoms with van der Waals surface area (Å²) in [7, 11) is 5.16. The van der Waals surface area contributed by atoms with Crippen molar-refractivity contribution >= 4 is 17.2 Å². The normalized spacial score (nSPS) is 11.9. The summed E-state index contributed by atoms with van der Waals surface area (Å²) in [6.07, 6.45) is 1.75. The maximum absolute atomic E-state index is 12.8. The molecule has 0 aliphatic heterocycles. The molecule has 0 saturated heterocycles. The third-order valence-corrected chi connectivity index (χ3v) is 5.33. The SMILES string of the molecule is COc1ccc(CN(C)CC(=O)NC(c2ccccc2)c2nccs2)c(OC)c1. The number of aromatic nitrogens is 1. The fourth-order valence-corrected chi connectivity index (χ4v) is 3.81. The van der Waals surface area contributed by atoms with E-state index >= 15 is 0 Å². The molecule has 1 heterocycles. The fourth-order valence-electron chi connectivity index (χ4n) is 3.09. The molecule has 0 fully saturated rings. The summed E-state index contributed by atoms with van der Waals surface area (Å²) in [4.78, 5) is 19.1. The second kappa shape index (κ2) is 10.0. The minimum Gasteiger partial charge on any atom is -0.497 e. The van der Waals surface area contributed by atoms with Gasteiger partial charge in [0.1, 0.15) is 22.5 Å². The van der Waals surface area contributed by atoms with Gasteiger partial charge in [-0.2, -0.15) is 0 Å². The number of nitrogens with one attached hydrogen (secondary N) is 1. The molecule has 0 bridgehead atoms. The highest BCUT2D eigenvalue weighted by Gasteiger charge is 2.20. The van der Waals surface area contributed by atoms with Crippen LogP contribution in [0.5, 0.6) is 11.5 Å². The van der Waals surface area contributed by atoms with Crippen LogP contribution in [0.2, 0.25) is 0 Å². The summed E-state index contributed by atoms with van der Waals surface area (Å²) in [5.74, 6) is 1.41. The number of thiazole rings is 1. The van der Waals surface area contributed by atoms with Crippen molar-refractivity contribution in [2.24, 2.45) is 0 Å². The van der Waals surface area contributed by atoms with Crippen molar-refractivity contribution in [2.75, 3.05) is 27.8 Å². The Kier molecular flexibility index (Phi) is 7.21. The molecule has 1 amide bonds. The van der Waals surface area contributed by atoms with Gasteiger partial charge in [-0.15, -0.1) is 11.3 Å². The van der Waals surface area contributed by atoms with Gasteiger partial charge < -0.3 is 14.8 Å². The number of amides is 1. The van der Waals surface area contributed by atoms with Crippen LogP contribution in [-0.4, -0.2) is 43.6 Å². The molecular weight excluding hydrogens is 386 g/mol. The lowest BCUT2D eigenvalue weighted by Crippen LogP contribution is -2.37. The summed E-state index contributed by atoms with van der Waals surface area (Å²) in [6.45, 7) is 0.831. The first-order chi connectivity index (χ1) is 14.1. The number of hydrogen-bond donors (Lipinski definition) is 1. The number of nitrogens with zero attached hydrogens (tertiary/aromatic N) is 2. The zero-order valence-electron chi connectivity index (χ0n) is 16.8. The second-order valence-electron chi connectivity index (χ2n) is 6.63. The van der Waals surface area contributed by atoms with Gasteiger partial charge in [-0.25, -0.2) is 4.98 Å². The quantitative estimate of drug-likeness (QED) is 0.584. The second-order valence-corrected chi connectivity index (χ2v) is 7.56. The van der Waals surface area contributed by atoms with E-state index in [1.807, 2.05) is 65.9 Å². The van der Waals surface area contributed by atoms with Crippen LogP contribution in [0.4, 0.5) is 0 Å². The van der Waals surface area contributed by atoms with Gasteiger partial charge in [0, 0.05) is 29.8 Å². The zero-order chi connectivity index (χ0) is 20.6. The molecule has 152 valence electrons. The van der Waals surface area contributed by atoms with E-state index in [1.54, 1.807) is 20.4 Å². The van der Waals surface area contributed by atoms with E-state index in [4.69, 9.17) is 9.47 Å². The molecule has 0 radical (unpaired) electrons. The standard InChI is InChI=1S/C22H25N3O3S/c1-25(14-17-9-10-18(27-2)13-19(17)28-3)15-20(26)24-21(22-23-11-12-29-22)16-7-5-4-6-8-16/h4-13,21H,14-15H2,1-3H3,(H,24,26). The van der Waals surface area contributed by atoms with Crippen molar-refractivity contribution < 1.29 is 14.3 Å². The number of rotatable bonds is 9. The molecule has 1 aromatic heterocycles. The Labute approximate surface area is 175 Å². The summed E-state index contributed by atoms with van der Waals surface area (Å²) >= 11 is 1.53. The number of methoxy groups -OCH3 is 2. The highest BCUT2D eigenvalue weighted by molar-refractivity contribution is 7.09. The zero-order valence-corrected chi connectivity index (χ0v) is 17.6. The Morgan fingerprint density at radius 2 is 1.97 bits per heavy atom. The van der Waals surface area contributed by atoms with Crippen LogP contribution in [0, 0.1) is 0 Å². The Morgan fingerprint density at radius 1 is 1.17 bits per heavy atom. The van der Waals surface area contributed by atoms with Crippen LogP contribution < -0.4 is 14.8 Å². The molecule has 29 heavy (non-hydrogen) atoms. The molecule has 0 aliphatic carbocycles. The van der Waals surface area contributed by atoms with Gasteiger partial charge in [0.15, 0.2) is 0 Å². The van der Waals surface area contributed by atoms with Crippen LogP contribution in [-0.2, 0) is 11.3 Å². The van der Waals surface area contributed by atoms with Crippen LogP contribution in [0.1, 0.15) is 22.2 Å². The molecule has 1 atom stereocenters. The summed E-state index contributed by atoms with van der Waals surface area (Å²) < 4.78 is 10.7. The van der Waals surface area contributed by atoms with Gasteiger partial charge in [0.05, 0.1) is 20.8 Å². The Balaban J connectivity index is 1.66. The first-order valence-electron chi connectivity index (χ1n) is 9.24. The summed E-state index contributed by atoms with van der Waals surface area (Å²) in [5.41, 5.74) is 2.00. The van der Waals surface area contributed by atoms with Gasteiger partial charge in [0.25, 0.3) is 0 Å². The first-order valence-corrected chi connectivity index (χ1v) is 10.1. The van der Waals surface area contributed by atoms with Gasteiger partial charge in [-0.05, 0) is 18.7 Å². The van der Waals surface area contributed by atoms with E-state index in [9.17, 15) is 4.79 Å². The van der Waals surface area contributed by atoms with E-state index in [0.29, 0.717) is 6.54 Å². The highest BCUT2D eigenvalue weighted by atomic mass is 32.1. The minimum absolute atomic E-state index is 0.0657. The molecule has 0 spiro atoms. The van der Waals surface area contributed by atoms with Crippen molar-refractivity contribution in [3.63, 3.8) is 0 Å². The van der Waals surface area contributed by atoms with Crippen LogP contribution in [0.15, 0.2) is 60.1 Å². The molecular formula is C22H25N3O3S. The molecule has 1 unspecified atom stereocenters. The Bertz CT molecular complexity index is 916. The van der Waals surface area contributed by atoms with Gasteiger partial charge in [0.2, 0.25) is 5.91 Å². The van der Waals surface area contributed by atoms with Crippen molar-refractivity contribution in [2.45, 2.75) is 12.6 Å².